The summed E-state index contributed by atoms with van der Waals surface area (Å²) in [6.07, 6.45) is 1.32. The highest BCUT2D eigenvalue weighted by Crippen LogP contribution is 2.36. The molecular formula is C13H12N4O3. The minimum atomic E-state index is -0.955. The topological polar surface area (TPSA) is 103 Å². The number of rotatable bonds is 3. The smallest absolute Gasteiger partial charge is 0.323 e. The summed E-state index contributed by atoms with van der Waals surface area (Å²) in [5.41, 5.74) is 7.11. The number of carbonyl (C=O) groups is 1. The maximum atomic E-state index is 11.1. The molecular weight excluding hydrogens is 260 g/mol. The normalized spacial score (nSPS) is 11.1. The van der Waals surface area contributed by atoms with Crippen LogP contribution in [-0.2, 0) is 11.3 Å². The fourth-order valence-corrected chi connectivity index (χ4v) is 2.41. The number of carboxylic acids is 1. The Labute approximate surface area is 113 Å². The van der Waals surface area contributed by atoms with Gasteiger partial charge in [-0.25, -0.2) is 9.97 Å². The van der Waals surface area contributed by atoms with Crippen LogP contribution in [0.1, 0.15) is 0 Å². The Balaban J connectivity index is 2.53. The molecule has 2 aromatic heterocycles. The highest BCUT2D eigenvalue weighted by Gasteiger charge is 2.19. The van der Waals surface area contributed by atoms with Crippen LogP contribution in [0.15, 0.2) is 24.5 Å². The number of methoxy groups -OCH3 is 1. The Kier molecular flexibility index (Phi) is 2.67. The van der Waals surface area contributed by atoms with E-state index >= 15 is 0 Å². The summed E-state index contributed by atoms with van der Waals surface area (Å²) < 4.78 is 6.93. The highest BCUT2D eigenvalue weighted by molar-refractivity contribution is 6.14. The lowest BCUT2D eigenvalue weighted by Gasteiger charge is -2.04. The Bertz CT molecular complexity index is 825. The van der Waals surface area contributed by atoms with Gasteiger partial charge in [0, 0.05) is 0 Å². The average molecular weight is 272 g/mol. The van der Waals surface area contributed by atoms with E-state index in [2.05, 4.69) is 9.97 Å². The summed E-state index contributed by atoms with van der Waals surface area (Å²) in [6.45, 7) is -0.205. The third kappa shape index (κ3) is 1.63. The standard InChI is InChI=1S/C13H12N4O3/c1-20-8-4-2-3-7-10(8)11-12(14)15-6-16-13(11)17(7)5-9(18)19/h2-4,6H,5H2,1H3,(H,18,19)(H2,14,15,16). The number of benzene rings is 1. The van der Waals surface area contributed by atoms with Crippen LogP contribution in [-0.4, -0.2) is 32.7 Å². The molecule has 0 saturated carbocycles. The first-order chi connectivity index (χ1) is 9.63. The van der Waals surface area contributed by atoms with Crippen LogP contribution < -0.4 is 10.5 Å². The van der Waals surface area contributed by atoms with Crippen molar-refractivity contribution in [2.45, 2.75) is 6.54 Å². The van der Waals surface area contributed by atoms with Crippen LogP contribution >= 0.6 is 0 Å². The summed E-state index contributed by atoms with van der Waals surface area (Å²) in [4.78, 5) is 19.2. The molecule has 3 rings (SSSR count). The Morgan fingerprint density at radius 2 is 2.20 bits per heavy atom. The molecule has 0 amide bonds. The van der Waals surface area contributed by atoms with Crippen molar-refractivity contribution in [2.75, 3.05) is 12.8 Å². The van der Waals surface area contributed by atoms with Gasteiger partial charge >= 0.3 is 5.97 Å². The van der Waals surface area contributed by atoms with Gasteiger partial charge in [-0.3, -0.25) is 4.79 Å². The number of aromatic nitrogens is 3. The first-order valence-corrected chi connectivity index (χ1v) is 5.90. The number of carboxylic acid groups (broad SMARTS) is 1. The second-order valence-electron chi connectivity index (χ2n) is 4.29. The zero-order chi connectivity index (χ0) is 14.3. The minimum absolute atomic E-state index is 0.205. The number of anilines is 1. The van der Waals surface area contributed by atoms with E-state index in [1.165, 1.54) is 6.33 Å². The van der Waals surface area contributed by atoms with Crippen molar-refractivity contribution >= 4 is 33.7 Å². The number of ether oxygens (including phenoxy) is 1. The van der Waals surface area contributed by atoms with Crippen LogP contribution in [0, 0.1) is 0 Å². The molecule has 0 unspecified atom stereocenters. The van der Waals surface area contributed by atoms with E-state index in [-0.39, 0.29) is 6.54 Å². The Hall–Kier alpha value is -2.83. The van der Waals surface area contributed by atoms with Crippen molar-refractivity contribution < 1.29 is 14.6 Å². The molecule has 0 atom stereocenters. The van der Waals surface area contributed by atoms with Gasteiger partial charge in [0.1, 0.15) is 30.1 Å². The molecule has 0 spiro atoms. The maximum absolute atomic E-state index is 11.1. The van der Waals surface area contributed by atoms with E-state index in [1.54, 1.807) is 23.8 Å². The van der Waals surface area contributed by atoms with E-state index in [0.717, 1.165) is 5.39 Å². The van der Waals surface area contributed by atoms with Gasteiger partial charge in [0.25, 0.3) is 0 Å². The maximum Gasteiger partial charge on any atom is 0.323 e. The lowest BCUT2D eigenvalue weighted by atomic mass is 10.2. The number of aliphatic carboxylic acids is 1. The zero-order valence-electron chi connectivity index (χ0n) is 10.7. The quantitative estimate of drug-likeness (QED) is 0.744. The number of hydrogen-bond donors (Lipinski definition) is 2. The van der Waals surface area contributed by atoms with E-state index in [1.807, 2.05) is 6.07 Å². The number of nitrogen functional groups attached to an aromatic ring is 1. The van der Waals surface area contributed by atoms with Gasteiger partial charge in [-0.1, -0.05) is 6.07 Å². The monoisotopic (exact) mass is 272 g/mol. The number of fused-ring (bicyclic) bond motifs is 3. The molecule has 7 nitrogen and oxygen atoms in total. The summed E-state index contributed by atoms with van der Waals surface area (Å²) in [7, 11) is 1.55. The Morgan fingerprint density at radius 3 is 2.90 bits per heavy atom. The van der Waals surface area contributed by atoms with Gasteiger partial charge in [-0.2, -0.15) is 0 Å². The van der Waals surface area contributed by atoms with Crippen LogP contribution in [0.5, 0.6) is 5.75 Å². The molecule has 0 aliphatic carbocycles. The highest BCUT2D eigenvalue weighted by atomic mass is 16.5. The summed E-state index contributed by atoms with van der Waals surface area (Å²) in [5, 5.41) is 10.4. The zero-order valence-corrected chi connectivity index (χ0v) is 10.7. The van der Waals surface area contributed by atoms with E-state index in [4.69, 9.17) is 15.6 Å². The van der Waals surface area contributed by atoms with Crippen molar-refractivity contribution in [1.29, 1.82) is 0 Å². The van der Waals surface area contributed by atoms with Gasteiger partial charge in [0.15, 0.2) is 0 Å². The Morgan fingerprint density at radius 1 is 1.40 bits per heavy atom. The summed E-state index contributed by atoms with van der Waals surface area (Å²) in [5.74, 6) is -0.0458. The molecule has 0 fully saturated rings. The number of nitrogens with two attached hydrogens (primary N) is 1. The molecule has 2 heterocycles. The molecule has 20 heavy (non-hydrogen) atoms. The fourth-order valence-electron chi connectivity index (χ4n) is 2.41. The molecule has 3 aromatic rings. The lowest BCUT2D eigenvalue weighted by molar-refractivity contribution is -0.137. The molecule has 0 aliphatic rings. The average Bonchev–Trinajstić information content (AvgIpc) is 2.74. The molecule has 0 saturated heterocycles. The van der Waals surface area contributed by atoms with Gasteiger partial charge < -0.3 is 20.1 Å². The first-order valence-electron chi connectivity index (χ1n) is 5.90. The van der Waals surface area contributed by atoms with Crippen LogP contribution in [0.3, 0.4) is 0 Å². The predicted octanol–water partition coefficient (Wildman–Crippen LogP) is 1.26. The van der Waals surface area contributed by atoms with Gasteiger partial charge in [0.05, 0.1) is 23.4 Å². The van der Waals surface area contributed by atoms with Crippen LogP contribution in [0.25, 0.3) is 21.9 Å². The van der Waals surface area contributed by atoms with Crippen molar-refractivity contribution in [2.24, 2.45) is 0 Å². The van der Waals surface area contributed by atoms with Crippen LogP contribution in [0.2, 0.25) is 0 Å². The van der Waals surface area contributed by atoms with E-state index in [9.17, 15) is 4.79 Å². The predicted molar refractivity (Wildman–Crippen MR) is 73.6 cm³/mol. The molecule has 1 aromatic carbocycles. The molecule has 7 heteroatoms. The van der Waals surface area contributed by atoms with Gasteiger partial charge in [-0.15, -0.1) is 0 Å². The van der Waals surface area contributed by atoms with Crippen molar-refractivity contribution in [3.05, 3.63) is 24.5 Å². The summed E-state index contributed by atoms with van der Waals surface area (Å²) in [6, 6.07) is 5.39. The molecule has 3 N–H and O–H groups in total. The van der Waals surface area contributed by atoms with Crippen LogP contribution in [0.4, 0.5) is 5.82 Å². The fraction of sp³-hybridized carbons (Fsp3) is 0.154. The first kappa shape index (κ1) is 12.2. The number of hydrogen-bond acceptors (Lipinski definition) is 5. The van der Waals surface area contributed by atoms with Gasteiger partial charge in [0.2, 0.25) is 0 Å². The second-order valence-corrected chi connectivity index (χ2v) is 4.29. The van der Waals surface area contributed by atoms with Crippen molar-refractivity contribution in [3.8, 4) is 5.75 Å². The minimum Gasteiger partial charge on any atom is -0.496 e. The third-order valence-corrected chi connectivity index (χ3v) is 3.17. The van der Waals surface area contributed by atoms with Gasteiger partial charge in [-0.05, 0) is 12.1 Å². The van der Waals surface area contributed by atoms with E-state index in [0.29, 0.717) is 28.1 Å². The van der Waals surface area contributed by atoms with E-state index < -0.39 is 5.97 Å². The molecule has 0 radical (unpaired) electrons. The van der Waals surface area contributed by atoms with Crippen molar-refractivity contribution in [1.82, 2.24) is 14.5 Å². The largest absolute Gasteiger partial charge is 0.496 e. The molecule has 0 bridgehead atoms. The van der Waals surface area contributed by atoms with Crippen molar-refractivity contribution in [3.63, 3.8) is 0 Å². The third-order valence-electron chi connectivity index (χ3n) is 3.17. The number of nitrogens with zero attached hydrogens (tertiary/aromatic N) is 3. The SMILES string of the molecule is COc1cccc2c1c1c(N)ncnc1n2CC(=O)O. The summed E-state index contributed by atoms with van der Waals surface area (Å²) >= 11 is 0. The molecule has 0 aliphatic heterocycles. The molecule has 102 valence electrons. The lowest BCUT2D eigenvalue weighted by Crippen LogP contribution is -2.09. The second kappa shape index (κ2) is 4.37.